The summed E-state index contributed by atoms with van der Waals surface area (Å²) in [5.74, 6) is 0.422. The number of allylic oxidation sites excluding steroid dienone is 1. The van der Waals surface area contributed by atoms with Gasteiger partial charge in [-0.2, -0.15) is 5.10 Å². The van der Waals surface area contributed by atoms with E-state index in [0.29, 0.717) is 11.5 Å². The highest BCUT2D eigenvalue weighted by molar-refractivity contribution is 5.98. The number of amidine groups is 1. The van der Waals surface area contributed by atoms with Gasteiger partial charge in [0.05, 0.1) is 17.6 Å². The standard InChI is InChI=1S/C11H13N5.C2H6/c1-3-10(9-6-14-15-7-9)16-5-4-13-11(12)8(16)2;1-2/h3-7H,2H2,1H3,(H2,12,13)(H,14,15);1-2H3/b10-3-;. The monoisotopic (exact) mass is 245 g/mol. The van der Waals surface area contributed by atoms with Crippen LogP contribution in [0.25, 0.3) is 5.70 Å². The van der Waals surface area contributed by atoms with E-state index in [9.17, 15) is 0 Å². The molecule has 0 saturated heterocycles. The van der Waals surface area contributed by atoms with Crippen LogP contribution in [0, 0.1) is 0 Å². The average molecular weight is 245 g/mol. The zero-order valence-corrected chi connectivity index (χ0v) is 11.0. The van der Waals surface area contributed by atoms with Crippen molar-refractivity contribution in [2.24, 2.45) is 10.7 Å². The van der Waals surface area contributed by atoms with Crippen LogP contribution in [0.3, 0.4) is 0 Å². The Morgan fingerprint density at radius 3 is 2.78 bits per heavy atom. The van der Waals surface area contributed by atoms with Gasteiger partial charge >= 0.3 is 0 Å². The summed E-state index contributed by atoms with van der Waals surface area (Å²) in [4.78, 5) is 5.86. The van der Waals surface area contributed by atoms with Crippen LogP contribution in [0.15, 0.2) is 48.1 Å². The van der Waals surface area contributed by atoms with Crippen molar-refractivity contribution in [1.82, 2.24) is 15.1 Å². The molecule has 1 aromatic rings. The van der Waals surface area contributed by atoms with Crippen LogP contribution in [0.5, 0.6) is 0 Å². The van der Waals surface area contributed by atoms with E-state index in [1.165, 1.54) is 0 Å². The number of H-pyrrole nitrogens is 1. The van der Waals surface area contributed by atoms with Crippen molar-refractivity contribution in [2.45, 2.75) is 20.8 Å². The molecule has 0 spiro atoms. The van der Waals surface area contributed by atoms with E-state index in [0.717, 1.165) is 11.3 Å². The molecule has 0 atom stereocenters. The van der Waals surface area contributed by atoms with Crippen LogP contribution in [0.1, 0.15) is 26.3 Å². The Morgan fingerprint density at radius 1 is 1.50 bits per heavy atom. The van der Waals surface area contributed by atoms with E-state index in [1.807, 2.05) is 44.1 Å². The number of hydrogen-bond donors (Lipinski definition) is 2. The van der Waals surface area contributed by atoms with Gasteiger partial charge in [0.2, 0.25) is 0 Å². The largest absolute Gasteiger partial charge is 0.382 e. The number of nitrogens with two attached hydrogens (primary N) is 1. The van der Waals surface area contributed by atoms with Crippen molar-refractivity contribution in [3.8, 4) is 0 Å². The lowest BCUT2D eigenvalue weighted by atomic mass is 10.2. The lowest BCUT2D eigenvalue weighted by molar-refractivity contribution is 0.682. The second kappa shape index (κ2) is 6.44. The molecule has 18 heavy (non-hydrogen) atoms. The predicted molar refractivity (Wildman–Crippen MR) is 75.3 cm³/mol. The zero-order valence-electron chi connectivity index (χ0n) is 11.0. The summed E-state index contributed by atoms with van der Waals surface area (Å²) in [5, 5.41) is 6.70. The van der Waals surface area contributed by atoms with Crippen molar-refractivity contribution in [3.05, 3.63) is 48.7 Å². The Balaban J connectivity index is 0.000000771. The van der Waals surface area contributed by atoms with E-state index in [-0.39, 0.29) is 0 Å². The van der Waals surface area contributed by atoms with E-state index in [2.05, 4.69) is 21.8 Å². The first-order valence-electron chi connectivity index (χ1n) is 5.88. The molecular formula is C13H19N5. The number of nitrogens with zero attached hydrogens (tertiary/aromatic N) is 3. The second-order valence-corrected chi connectivity index (χ2v) is 3.29. The highest BCUT2D eigenvalue weighted by Gasteiger charge is 2.17. The van der Waals surface area contributed by atoms with Crippen LogP contribution in [-0.4, -0.2) is 20.9 Å². The molecule has 2 rings (SSSR count). The molecule has 0 fully saturated rings. The maximum absolute atomic E-state index is 5.72. The van der Waals surface area contributed by atoms with Gasteiger partial charge in [-0.25, -0.2) is 4.99 Å². The molecule has 0 unspecified atom stereocenters. The van der Waals surface area contributed by atoms with E-state index < -0.39 is 0 Å². The maximum atomic E-state index is 5.72. The molecule has 2 heterocycles. The predicted octanol–water partition coefficient (Wildman–Crippen LogP) is 2.45. The van der Waals surface area contributed by atoms with Crippen molar-refractivity contribution >= 4 is 11.5 Å². The lowest BCUT2D eigenvalue weighted by Crippen LogP contribution is -2.28. The summed E-state index contributed by atoms with van der Waals surface area (Å²) in [5.41, 5.74) is 8.33. The van der Waals surface area contributed by atoms with Crippen molar-refractivity contribution in [1.29, 1.82) is 0 Å². The fraction of sp³-hybridized carbons (Fsp3) is 0.231. The topological polar surface area (TPSA) is 70.3 Å². The van der Waals surface area contributed by atoms with Crippen molar-refractivity contribution in [3.63, 3.8) is 0 Å². The number of rotatable bonds is 2. The molecule has 1 aromatic heterocycles. The lowest BCUT2D eigenvalue weighted by Gasteiger charge is -2.26. The molecule has 0 bridgehead atoms. The number of aromatic nitrogens is 2. The Kier molecular flexibility index (Phi) is 4.92. The van der Waals surface area contributed by atoms with Gasteiger partial charge in [0.15, 0.2) is 0 Å². The average Bonchev–Trinajstić information content (AvgIpc) is 2.92. The molecule has 0 aliphatic carbocycles. The summed E-state index contributed by atoms with van der Waals surface area (Å²) in [6.45, 7) is 9.85. The third kappa shape index (κ3) is 2.68. The first-order valence-corrected chi connectivity index (χ1v) is 5.88. The van der Waals surface area contributed by atoms with Crippen LogP contribution < -0.4 is 5.73 Å². The minimum atomic E-state index is 0.422. The van der Waals surface area contributed by atoms with E-state index in [4.69, 9.17) is 5.73 Å². The van der Waals surface area contributed by atoms with Crippen LogP contribution >= 0.6 is 0 Å². The first-order chi connectivity index (χ1) is 8.74. The van der Waals surface area contributed by atoms with Gasteiger partial charge in [0.1, 0.15) is 5.84 Å². The zero-order chi connectivity index (χ0) is 13.5. The van der Waals surface area contributed by atoms with Gasteiger partial charge in [-0.1, -0.05) is 26.5 Å². The van der Waals surface area contributed by atoms with Crippen LogP contribution in [0.4, 0.5) is 0 Å². The summed E-state index contributed by atoms with van der Waals surface area (Å²) in [6, 6.07) is 0. The van der Waals surface area contributed by atoms with Gasteiger partial charge < -0.3 is 10.6 Å². The van der Waals surface area contributed by atoms with Crippen LogP contribution in [-0.2, 0) is 0 Å². The van der Waals surface area contributed by atoms with Gasteiger partial charge in [-0.15, -0.1) is 0 Å². The summed E-state index contributed by atoms with van der Waals surface area (Å²) in [6.07, 6.45) is 9.00. The number of aliphatic imine (C=N–C) groups is 1. The highest BCUT2D eigenvalue weighted by atomic mass is 15.2. The Labute approximate surface area is 107 Å². The molecule has 1 aliphatic heterocycles. The normalized spacial score (nSPS) is 15.1. The van der Waals surface area contributed by atoms with Gasteiger partial charge in [0.25, 0.3) is 0 Å². The molecule has 1 aliphatic rings. The number of aromatic amines is 1. The fourth-order valence-corrected chi connectivity index (χ4v) is 1.53. The molecule has 96 valence electrons. The molecular weight excluding hydrogens is 226 g/mol. The minimum Gasteiger partial charge on any atom is -0.382 e. The summed E-state index contributed by atoms with van der Waals surface area (Å²) in [7, 11) is 0. The molecule has 5 nitrogen and oxygen atoms in total. The van der Waals surface area contributed by atoms with Crippen molar-refractivity contribution < 1.29 is 0 Å². The summed E-state index contributed by atoms with van der Waals surface area (Å²) < 4.78 is 0. The SMILES string of the molecule is C=C1C(N)=NC=CN1/C(=C\C)c1cn[nH]c1.CC. The number of nitrogens with one attached hydrogen (secondary N) is 1. The van der Waals surface area contributed by atoms with E-state index in [1.54, 1.807) is 12.4 Å². The maximum Gasteiger partial charge on any atom is 0.147 e. The van der Waals surface area contributed by atoms with Crippen molar-refractivity contribution in [2.75, 3.05) is 0 Å². The van der Waals surface area contributed by atoms with E-state index >= 15 is 0 Å². The quantitative estimate of drug-likeness (QED) is 0.840. The third-order valence-electron chi connectivity index (χ3n) is 2.34. The van der Waals surface area contributed by atoms with Gasteiger partial charge in [-0.05, 0) is 6.92 Å². The molecule has 5 heteroatoms. The first kappa shape index (κ1) is 13.8. The molecule has 0 amide bonds. The molecule has 0 aromatic carbocycles. The van der Waals surface area contributed by atoms with Gasteiger partial charge in [-0.3, -0.25) is 5.10 Å². The smallest absolute Gasteiger partial charge is 0.147 e. The minimum absolute atomic E-state index is 0.422. The van der Waals surface area contributed by atoms with Gasteiger partial charge in [0, 0.05) is 24.2 Å². The Bertz CT molecular complexity index is 479. The molecule has 0 saturated carbocycles. The Hall–Kier alpha value is -2.30. The molecule has 0 radical (unpaired) electrons. The van der Waals surface area contributed by atoms with Crippen LogP contribution in [0.2, 0.25) is 0 Å². The summed E-state index contributed by atoms with van der Waals surface area (Å²) >= 11 is 0. The Morgan fingerprint density at radius 2 is 2.22 bits per heavy atom. The highest BCUT2D eigenvalue weighted by Crippen LogP contribution is 2.24. The number of hydrogen-bond acceptors (Lipinski definition) is 4. The molecule has 3 N–H and O–H groups in total. The second-order valence-electron chi connectivity index (χ2n) is 3.29. The third-order valence-corrected chi connectivity index (χ3v) is 2.34. The fourth-order valence-electron chi connectivity index (χ4n) is 1.53.